The lowest BCUT2D eigenvalue weighted by molar-refractivity contribution is -0.117. The summed E-state index contributed by atoms with van der Waals surface area (Å²) in [6.07, 6.45) is -0.0321. The van der Waals surface area contributed by atoms with Crippen molar-refractivity contribution < 1.29 is 19.4 Å². The zero-order chi connectivity index (χ0) is 14.7. The van der Waals surface area contributed by atoms with Gasteiger partial charge in [0.2, 0.25) is 5.91 Å². The lowest BCUT2D eigenvalue weighted by Crippen LogP contribution is -2.35. The van der Waals surface area contributed by atoms with Crippen LogP contribution >= 0.6 is 0 Å². The van der Waals surface area contributed by atoms with Crippen LogP contribution in [0.2, 0.25) is 0 Å². The number of rotatable bonds is 4. The maximum atomic E-state index is 12.1. The third-order valence-corrected chi connectivity index (χ3v) is 3.41. The minimum absolute atomic E-state index is 0.156. The molecule has 1 fully saturated rings. The summed E-state index contributed by atoms with van der Waals surface area (Å²) in [6, 6.07) is 3.18. The van der Waals surface area contributed by atoms with Gasteiger partial charge in [-0.25, -0.2) is 0 Å². The van der Waals surface area contributed by atoms with E-state index in [1.165, 1.54) is 0 Å². The summed E-state index contributed by atoms with van der Waals surface area (Å²) in [4.78, 5) is 12.1. The number of aryl methyl sites for hydroxylation is 1. The van der Waals surface area contributed by atoms with Crippen molar-refractivity contribution in [2.75, 3.05) is 26.1 Å². The van der Waals surface area contributed by atoms with E-state index in [9.17, 15) is 9.90 Å². The summed E-state index contributed by atoms with van der Waals surface area (Å²) >= 11 is 0. The summed E-state index contributed by atoms with van der Waals surface area (Å²) < 4.78 is 10.4. The first-order valence-corrected chi connectivity index (χ1v) is 6.50. The highest BCUT2D eigenvalue weighted by molar-refractivity contribution is 5.96. The molecule has 0 aliphatic carbocycles. The number of amides is 1. The first kappa shape index (κ1) is 14.6. The summed E-state index contributed by atoms with van der Waals surface area (Å²) in [5.74, 6) is 1.03. The molecule has 1 aliphatic heterocycles. The molecule has 1 heterocycles. The van der Waals surface area contributed by atoms with Crippen molar-refractivity contribution >= 4 is 11.6 Å². The van der Waals surface area contributed by atoms with Gasteiger partial charge in [-0.1, -0.05) is 0 Å². The third-order valence-electron chi connectivity index (χ3n) is 3.41. The number of hydrogen-bond donors (Lipinski definition) is 3. The second kappa shape index (κ2) is 6.11. The van der Waals surface area contributed by atoms with Crippen molar-refractivity contribution in [3.8, 4) is 11.5 Å². The van der Waals surface area contributed by atoms with Crippen LogP contribution in [-0.4, -0.2) is 43.9 Å². The van der Waals surface area contributed by atoms with E-state index in [0.29, 0.717) is 30.2 Å². The van der Waals surface area contributed by atoms with Crippen molar-refractivity contribution in [1.82, 2.24) is 5.32 Å². The zero-order valence-electron chi connectivity index (χ0n) is 11.9. The first-order chi connectivity index (χ1) is 9.55. The summed E-state index contributed by atoms with van der Waals surface area (Å²) in [5, 5.41) is 15.3. The summed E-state index contributed by atoms with van der Waals surface area (Å²) in [7, 11) is 3.12. The SMILES string of the molecule is COc1cc(C)c(NC(=O)C2CC(O)CN2)cc1OC. The van der Waals surface area contributed by atoms with Crippen LogP contribution in [0.1, 0.15) is 12.0 Å². The molecular weight excluding hydrogens is 260 g/mol. The highest BCUT2D eigenvalue weighted by Crippen LogP contribution is 2.33. The van der Waals surface area contributed by atoms with E-state index in [4.69, 9.17) is 9.47 Å². The maximum Gasteiger partial charge on any atom is 0.241 e. The Morgan fingerprint density at radius 2 is 2.00 bits per heavy atom. The molecule has 1 aromatic carbocycles. The predicted octanol–water partition coefficient (Wildman–Crippen LogP) is 0.674. The highest BCUT2D eigenvalue weighted by atomic mass is 16.5. The van der Waals surface area contributed by atoms with Gasteiger partial charge in [0, 0.05) is 18.3 Å². The van der Waals surface area contributed by atoms with Gasteiger partial charge in [0.05, 0.1) is 26.4 Å². The maximum absolute atomic E-state index is 12.1. The number of aliphatic hydroxyl groups is 1. The standard InChI is InChI=1S/C14H20N2O4/c1-8-4-12(19-2)13(20-3)6-10(8)16-14(18)11-5-9(17)7-15-11/h4,6,9,11,15,17H,5,7H2,1-3H3,(H,16,18). The number of ether oxygens (including phenoxy) is 2. The molecule has 1 aromatic rings. The Labute approximate surface area is 118 Å². The number of benzene rings is 1. The zero-order valence-corrected chi connectivity index (χ0v) is 11.9. The van der Waals surface area contributed by atoms with Crippen molar-refractivity contribution in [3.63, 3.8) is 0 Å². The Morgan fingerprint density at radius 1 is 1.35 bits per heavy atom. The first-order valence-electron chi connectivity index (χ1n) is 6.50. The van der Waals surface area contributed by atoms with Crippen LogP contribution in [0.15, 0.2) is 12.1 Å². The molecule has 6 heteroatoms. The van der Waals surface area contributed by atoms with Crippen LogP contribution in [-0.2, 0) is 4.79 Å². The van der Waals surface area contributed by atoms with E-state index in [0.717, 1.165) is 5.56 Å². The molecule has 0 bridgehead atoms. The molecule has 1 aliphatic rings. The van der Waals surface area contributed by atoms with Gasteiger partial charge < -0.3 is 25.2 Å². The fourth-order valence-corrected chi connectivity index (χ4v) is 2.25. The molecule has 20 heavy (non-hydrogen) atoms. The number of nitrogens with one attached hydrogen (secondary N) is 2. The van der Waals surface area contributed by atoms with Gasteiger partial charge in [-0.3, -0.25) is 4.79 Å². The van der Waals surface area contributed by atoms with Crippen LogP contribution in [0.3, 0.4) is 0 Å². The molecule has 0 spiro atoms. The molecule has 2 unspecified atom stereocenters. The molecule has 1 saturated heterocycles. The second-order valence-electron chi connectivity index (χ2n) is 4.86. The number of β-amino-alcohol motifs (C(OH)–C–C–N with tert-alkyl or cyclic N) is 1. The molecule has 1 amide bonds. The molecular formula is C14H20N2O4. The predicted molar refractivity (Wildman–Crippen MR) is 75.3 cm³/mol. The van der Waals surface area contributed by atoms with Gasteiger partial charge >= 0.3 is 0 Å². The average molecular weight is 280 g/mol. The Hall–Kier alpha value is -1.79. The van der Waals surface area contributed by atoms with E-state index in [1.54, 1.807) is 20.3 Å². The van der Waals surface area contributed by atoms with E-state index in [1.807, 2.05) is 13.0 Å². The Morgan fingerprint density at radius 3 is 2.55 bits per heavy atom. The highest BCUT2D eigenvalue weighted by Gasteiger charge is 2.28. The quantitative estimate of drug-likeness (QED) is 0.755. The van der Waals surface area contributed by atoms with E-state index in [-0.39, 0.29) is 11.9 Å². The monoisotopic (exact) mass is 280 g/mol. The largest absolute Gasteiger partial charge is 0.493 e. The lowest BCUT2D eigenvalue weighted by atomic mass is 10.1. The number of anilines is 1. The van der Waals surface area contributed by atoms with Crippen LogP contribution < -0.4 is 20.1 Å². The molecule has 110 valence electrons. The summed E-state index contributed by atoms with van der Waals surface area (Å²) in [6.45, 7) is 2.33. The van der Waals surface area contributed by atoms with E-state index in [2.05, 4.69) is 10.6 Å². The number of carbonyl (C=O) groups is 1. The minimum Gasteiger partial charge on any atom is -0.493 e. The van der Waals surface area contributed by atoms with Crippen LogP contribution in [0.4, 0.5) is 5.69 Å². The normalized spacial score (nSPS) is 21.6. The van der Waals surface area contributed by atoms with Crippen LogP contribution in [0, 0.1) is 6.92 Å². The van der Waals surface area contributed by atoms with Crippen molar-refractivity contribution in [2.45, 2.75) is 25.5 Å². The van der Waals surface area contributed by atoms with Crippen molar-refractivity contribution in [1.29, 1.82) is 0 Å². The van der Waals surface area contributed by atoms with Crippen LogP contribution in [0.5, 0.6) is 11.5 Å². The number of aliphatic hydroxyl groups excluding tert-OH is 1. The smallest absolute Gasteiger partial charge is 0.241 e. The lowest BCUT2D eigenvalue weighted by Gasteiger charge is -2.15. The fraction of sp³-hybridized carbons (Fsp3) is 0.500. The number of hydrogen-bond acceptors (Lipinski definition) is 5. The van der Waals surface area contributed by atoms with Gasteiger partial charge in [-0.05, 0) is 25.0 Å². The van der Waals surface area contributed by atoms with Gasteiger partial charge in [0.15, 0.2) is 11.5 Å². The van der Waals surface area contributed by atoms with Crippen molar-refractivity contribution in [3.05, 3.63) is 17.7 Å². The second-order valence-corrected chi connectivity index (χ2v) is 4.86. The van der Waals surface area contributed by atoms with E-state index < -0.39 is 6.10 Å². The number of methoxy groups -OCH3 is 2. The van der Waals surface area contributed by atoms with Gasteiger partial charge in [0.25, 0.3) is 0 Å². The Balaban J connectivity index is 2.14. The molecule has 2 rings (SSSR count). The third kappa shape index (κ3) is 3.02. The van der Waals surface area contributed by atoms with Crippen molar-refractivity contribution in [2.24, 2.45) is 0 Å². The number of carbonyl (C=O) groups excluding carboxylic acids is 1. The van der Waals surface area contributed by atoms with Gasteiger partial charge in [-0.15, -0.1) is 0 Å². The minimum atomic E-state index is -0.461. The van der Waals surface area contributed by atoms with Gasteiger partial charge in [-0.2, -0.15) is 0 Å². The topological polar surface area (TPSA) is 79.8 Å². The molecule has 6 nitrogen and oxygen atoms in total. The molecule has 0 aromatic heterocycles. The molecule has 3 N–H and O–H groups in total. The van der Waals surface area contributed by atoms with Crippen LogP contribution in [0.25, 0.3) is 0 Å². The fourth-order valence-electron chi connectivity index (χ4n) is 2.25. The molecule has 0 radical (unpaired) electrons. The Bertz CT molecular complexity index is 504. The summed E-state index contributed by atoms with van der Waals surface area (Å²) in [5.41, 5.74) is 1.56. The van der Waals surface area contributed by atoms with E-state index >= 15 is 0 Å². The Kier molecular flexibility index (Phi) is 4.46. The molecule has 0 saturated carbocycles. The molecule has 2 atom stereocenters. The average Bonchev–Trinajstić information content (AvgIpc) is 2.87. The van der Waals surface area contributed by atoms with Gasteiger partial charge in [0.1, 0.15) is 0 Å².